The molecule has 0 spiro atoms. The van der Waals surface area contributed by atoms with E-state index in [0.29, 0.717) is 12.8 Å². The number of rotatable bonds is 3. The number of amides is 1. The Hall–Kier alpha value is -1.06. The minimum Gasteiger partial charge on any atom is -0.481 e. The van der Waals surface area contributed by atoms with E-state index in [1.165, 1.54) is 0 Å². The van der Waals surface area contributed by atoms with Gasteiger partial charge < -0.3 is 10.4 Å². The van der Waals surface area contributed by atoms with Crippen LogP contribution >= 0.6 is 0 Å². The smallest absolute Gasteiger partial charge is 0.307 e. The van der Waals surface area contributed by atoms with Crippen molar-refractivity contribution in [2.75, 3.05) is 0 Å². The molecule has 2 N–H and O–H groups in total. The molecule has 0 aromatic heterocycles. The lowest BCUT2D eigenvalue weighted by Gasteiger charge is -2.27. The third kappa shape index (κ3) is 2.26. The van der Waals surface area contributed by atoms with E-state index in [4.69, 9.17) is 0 Å². The standard InChI is InChI=1S/C15H25NO3/c1-14(2)13(15(14,3)4)16-11(17)9-7-5-6-8-10(9)12(18)19/h9-10,13H,5-8H2,1-4H3,(H,16,17)(H,18,19)/t9-,10+/m1/s1. The second-order valence-electron chi connectivity index (χ2n) is 7.22. The molecule has 108 valence electrons. The van der Waals surface area contributed by atoms with E-state index < -0.39 is 11.9 Å². The van der Waals surface area contributed by atoms with Gasteiger partial charge in [0.1, 0.15) is 0 Å². The highest BCUT2D eigenvalue weighted by Gasteiger charge is 2.65. The van der Waals surface area contributed by atoms with Crippen LogP contribution in [0.5, 0.6) is 0 Å². The average Bonchev–Trinajstić information content (AvgIpc) is 2.71. The lowest BCUT2D eigenvalue weighted by molar-refractivity contribution is -0.149. The third-order valence-corrected chi connectivity index (χ3v) is 5.73. The van der Waals surface area contributed by atoms with Gasteiger partial charge in [-0.2, -0.15) is 0 Å². The molecule has 1 amide bonds. The third-order valence-electron chi connectivity index (χ3n) is 5.73. The maximum absolute atomic E-state index is 12.4. The molecule has 0 aromatic carbocycles. The van der Waals surface area contributed by atoms with E-state index >= 15 is 0 Å². The van der Waals surface area contributed by atoms with Crippen LogP contribution in [-0.2, 0) is 9.59 Å². The summed E-state index contributed by atoms with van der Waals surface area (Å²) in [5.41, 5.74) is 0.187. The minimum absolute atomic E-state index is 0.0595. The van der Waals surface area contributed by atoms with E-state index in [-0.39, 0.29) is 28.7 Å². The molecule has 2 rings (SSSR count). The Morgan fingerprint density at radius 1 is 1.00 bits per heavy atom. The van der Waals surface area contributed by atoms with Crippen molar-refractivity contribution in [3.8, 4) is 0 Å². The molecule has 0 saturated heterocycles. The van der Waals surface area contributed by atoms with Gasteiger partial charge >= 0.3 is 5.97 Å². The topological polar surface area (TPSA) is 66.4 Å². The first kappa shape index (κ1) is 14.4. The van der Waals surface area contributed by atoms with Crippen molar-refractivity contribution in [2.45, 2.75) is 59.4 Å². The number of aliphatic carboxylic acids is 1. The first-order valence-electron chi connectivity index (χ1n) is 7.23. The zero-order chi connectivity index (χ0) is 14.4. The van der Waals surface area contributed by atoms with Crippen LogP contribution in [0.4, 0.5) is 0 Å². The van der Waals surface area contributed by atoms with Gasteiger partial charge in [0.25, 0.3) is 0 Å². The van der Waals surface area contributed by atoms with Crippen LogP contribution < -0.4 is 5.32 Å². The van der Waals surface area contributed by atoms with E-state index in [1.54, 1.807) is 0 Å². The van der Waals surface area contributed by atoms with Gasteiger partial charge in [-0.25, -0.2) is 0 Å². The zero-order valence-corrected chi connectivity index (χ0v) is 12.3. The molecule has 0 bridgehead atoms. The van der Waals surface area contributed by atoms with Crippen LogP contribution in [0.2, 0.25) is 0 Å². The summed E-state index contributed by atoms with van der Waals surface area (Å²) >= 11 is 0. The van der Waals surface area contributed by atoms with E-state index in [2.05, 4.69) is 33.0 Å². The quantitative estimate of drug-likeness (QED) is 0.825. The molecule has 19 heavy (non-hydrogen) atoms. The van der Waals surface area contributed by atoms with Gasteiger partial charge in [-0.05, 0) is 23.7 Å². The summed E-state index contributed by atoms with van der Waals surface area (Å²) in [5, 5.41) is 12.3. The fourth-order valence-electron chi connectivity index (χ4n) is 3.55. The second kappa shape index (κ2) is 4.50. The van der Waals surface area contributed by atoms with E-state index in [9.17, 15) is 14.7 Å². The molecular weight excluding hydrogens is 242 g/mol. The maximum atomic E-state index is 12.4. The molecule has 0 radical (unpaired) electrons. The predicted octanol–water partition coefficient (Wildman–Crippen LogP) is 2.43. The highest BCUT2D eigenvalue weighted by Crippen LogP contribution is 2.62. The summed E-state index contributed by atoms with van der Waals surface area (Å²) in [6.45, 7) is 8.59. The summed E-state index contributed by atoms with van der Waals surface area (Å²) in [5.74, 6) is -1.73. The predicted molar refractivity (Wildman–Crippen MR) is 72.6 cm³/mol. The largest absolute Gasteiger partial charge is 0.481 e. The SMILES string of the molecule is CC1(C)C(NC(=O)[C@@H]2CCCC[C@@H]2C(=O)O)C1(C)C. The molecule has 0 aliphatic heterocycles. The molecule has 4 nitrogen and oxygen atoms in total. The van der Waals surface area contributed by atoms with Gasteiger partial charge in [0, 0.05) is 6.04 Å². The molecule has 2 fully saturated rings. The summed E-state index contributed by atoms with van der Waals surface area (Å²) in [7, 11) is 0. The molecule has 0 aromatic rings. The van der Waals surface area contributed by atoms with Crippen LogP contribution in [0.15, 0.2) is 0 Å². The molecule has 4 heteroatoms. The van der Waals surface area contributed by atoms with Crippen LogP contribution in [0.3, 0.4) is 0 Å². The Bertz CT molecular complexity index is 386. The fourth-order valence-corrected chi connectivity index (χ4v) is 3.55. The van der Waals surface area contributed by atoms with Crippen molar-refractivity contribution in [3.63, 3.8) is 0 Å². The number of nitrogens with one attached hydrogen (secondary N) is 1. The fraction of sp³-hybridized carbons (Fsp3) is 0.867. The van der Waals surface area contributed by atoms with Gasteiger partial charge in [-0.15, -0.1) is 0 Å². The van der Waals surface area contributed by atoms with Crippen LogP contribution in [0.25, 0.3) is 0 Å². The Balaban J connectivity index is 2.02. The van der Waals surface area contributed by atoms with Crippen molar-refractivity contribution >= 4 is 11.9 Å². The summed E-state index contributed by atoms with van der Waals surface area (Å²) in [6.07, 6.45) is 3.21. The van der Waals surface area contributed by atoms with Crippen LogP contribution in [0.1, 0.15) is 53.4 Å². The first-order valence-corrected chi connectivity index (χ1v) is 7.23. The van der Waals surface area contributed by atoms with Gasteiger partial charge in [-0.3, -0.25) is 9.59 Å². The van der Waals surface area contributed by atoms with Gasteiger partial charge in [0.2, 0.25) is 5.91 Å². The summed E-state index contributed by atoms with van der Waals surface area (Å²) in [4.78, 5) is 23.6. The molecule has 0 unspecified atom stereocenters. The molecular formula is C15H25NO3. The Morgan fingerprint density at radius 2 is 1.47 bits per heavy atom. The monoisotopic (exact) mass is 267 g/mol. The molecule has 2 aliphatic rings. The Morgan fingerprint density at radius 3 is 1.89 bits per heavy atom. The molecule has 2 aliphatic carbocycles. The van der Waals surface area contributed by atoms with Crippen molar-refractivity contribution < 1.29 is 14.7 Å². The second-order valence-corrected chi connectivity index (χ2v) is 7.22. The number of carbonyl (C=O) groups excluding carboxylic acids is 1. The number of hydrogen-bond donors (Lipinski definition) is 2. The summed E-state index contributed by atoms with van der Waals surface area (Å²) in [6, 6.07) is 0.156. The molecule has 0 heterocycles. The van der Waals surface area contributed by atoms with Crippen molar-refractivity contribution in [1.29, 1.82) is 0 Å². The van der Waals surface area contributed by atoms with Gasteiger partial charge in [-0.1, -0.05) is 40.5 Å². The van der Waals surface area contributed by atoms with Crippen LogP contribution in [0, 0.1) is 22.7 Å². The lowest BCUT2D eigenvalue weighted by Crippen LogP contribution is -2.42. The highest BCUT2D eigenvalue weighted by molar-refractivity contribution is 5.85. The normalized spacial score (nSPS) is 32.6. The van der Waals surface area contributed by atoms with E-state index in [1.807, 2.05) is 0 Å². The highest BCUT2D eigenvalue weighted by atomic mass is 16.4. The van der Waals surface area contributed by atoms with Crippen molar-refractivity contribution in [1.82, 2.24) is 5.32 Å². The number of carboxylic acids is 1. The first-order chi connectivity index (χ1) is 8.69. The zero-order valence-electron chi connectivity index (χ0n) is 12.3. The number of carbonyl (C=O) groups is 2. The Kier molecular flexibility index (Phi) is 3.40. The number of hydrogen-bond acceptors (Lipinski definition) is 2. The van der Waals surface area contributed by atoms with Crippen molar-refractivity contribution in [2.24, 2.45) is 22.7 Å². The number of carboxylic acid groups (broad SMARTS) is 1. The van der Waals surface area contributed by atoms with E-state index in [0.717, 1.165) is 12.8 Å². The van der Waals surface area contributed by atoms with Gasteiger partial charge in [0.15, 0.2) is 0 Å². The maximum Gasteiger partial charge on any atom is 0.307 e. The minimum atomic E-state index is -0.825. The van der Waals surface area contributed by atoms with Crippen molar-refractivity contribution in [3.05, 3.63) is 0 Å². The Labute approximate surface area is 115 Å². The molecule has 2 saturated carbocycles. The van der Waals surface area contributed by atoms with Crippen LogP contribution in [-0.4, -0.2) is 23.0 Å². The van der Waals surface area contributed by atoms with Gasteiger partial charge in [0.05, 0.1) is 11.8 Å². The lowest BCUT2D eigenvalue weighted by atomic mass is 9.78. The summed E-state index contributed by atoms with van der Waals surface area (Å²) < 4.78 is 0. The average molecular weight is 267 g/mol. The molecule has 2 atom stereocenters.